The van der Waals surface area contributed by atoms with Crippen molar-refractivity contribution in [3.63, 3.8) is 0 Å². The van der Waals surface area contributed by atoms with Gasteiger partial charge in [-0.05, 0) is 26.2 Å². The maximum absolute atomic E-state index is 12.7. The third kappa shape index (κ3) is 2.82. The van der Waals surface area contributed by atoms with Crippen molar-refractivity contribution in [1.82, 2.24) is 14.1 Å². The van der Waals surface area contributed by atoms with Crippen LogP contribution in [-0.4, -0.2) is 46.8 Å². The average Bonchev–Trinajstić information content (AvgIpc) is 2.70. The Morgan fingerprint density at radius 3 is 2.79 bits per heavy atom. The van der Waals surface area contributed by atoms with Crippen LogP contribution in [0, 0.1) is 6.92 Å². The van der Waals surface area contributed by atoms with E-state index >= 15 is 0 Å². The molecule has 2 heterocycles. The Bertz CT molecular complexity index is 536. The molecule has 1 fully saturated rings. The average molecular weight is 287 g/mol. The first-order valence-corrected chi connectivity index (χ1v) is 8.03. The van der Waals surface area contributed by atoms with Gasteiger partial charge in [0.2, 0.25) is 10.0 Å². The highest BCUT2D eigenvalue weighted by Gasteiger charge is 2.34. The Hall–Kier alpha value is -0.920. The highest BCUT2D eigenvalue weighted by molar-refractivity contribution is 7.89. The van der Waals surface area contributed by atoms with Crippen LogP contribution in [0.1, 0.15) is 31.4 Å². The van der Waals surface area contributed by atoms with Gasteiger partial charge in [0.05, 0.1) is 5.69 Å². The lowest BCUT2D eigenvalue weighted by Gasteiger charge is -2.34. The van der Waals surface area contributed by atoms with E-state index in [1.165, 1.54) is 8.99 Å². The second kappa shape index (κ2) is 5.60. The number of aromatic nitrogens is 2. The van der Waals surface area contributed by atoms with Gasteiger partial charge >= 0.3 is 0 Å². The molecule has 1 aliphatic heterocycles. The Balaban J connectivity index is 2.34. The number of hydrogen-bond acceptors (Lipinski definition) is 4. The van der Waals surface area contributed by atoms with E-state index in [1.54, 1.807) is 20.2 Å². The van der Waals surface area contributed by atoms with Crippen molar-refractivity contribution in [2.75, 3.05) is 13.2 Å². The maximum atomic E-state index is 12.7. The molecule has 0 amide bonds. The first kappa shape index (κ1) is 14.5. The summed E-state index contributed by atoms with van der Waals surface area (Å²) in [5, 5.41) is 13.2. The van der Waals surface area contributed by atoms with Crippen LogP contribution in [0.15, 0.2) is 11.1 Å². The normalized spacial score (nSPS) is 21.7. The summed E-state index contributed by atoms with van der Waals surface area (Å²) in [5.74, 6) is 0. The second-order valence-corrected chi connectivity index (χ2v) is 6.89. The third-order valence-electron chi connectivity index (χ3n) is 3.59. The Kier molecular flexibility index (Phi) is 4.27. The molecule has 1 aromatic heterocycles. The lowest BCUT2D eigenvalue weighted by molar-refractivity contribution is 0.192. The molecule has 0 saturated carbocycles. The molecule has 1 atom stereocenters. The molecule has 0 aromatic carbocycles. The van der Waals surface area contributed by atoms with Crippen molar-refractivity contribution < 1.29 is 13.5 Å². The lowest BCUT2D eigenvalue weighted by Crippen LogP contribution is -2.44. The summed E-state index contributed by atoms with van der Waals surface area (Å²) < 4.78 is 28.5. The largest absolute Gasteiger partial charge is 0.396 e. The SMILES string of the molecule is Cc1nn(C)cc1S(=O)(=O)N1CCCCC1CCO. The van der Waals surface area contributed by atoms with E-state index in [0.717, 1.165) is 19.3 Å². The fraction of sp³-hybridized carbons (Fsp3) is 0.750. The number of aliphatic hydroxyl groups excluding tert-OH is 1. The van der Waals surface area contributed by atoms with Gasteiger partial charge in [-0.25, -0.2) is 8.42 Å². The summed E-state index contributed by atoms with van der Waals surface area (Å²) in [6.07, 6.45) is 4.76. The summed E-state index contributed by atoms with van der Waals surface area (Å²) >= 11 is 0. The number of nitrogens with zero attached hydrogens (tertiary/aromatic N) is 3. The van der Waals surface area contributed by atoms with Gasteiger partial charge in [0.1, 0.15) is 4.90 Å². The van der Waals surface area contributed by atoms with Crippen LogP contribution >= 0.6 is 0 Å². The van der Waals surface area contributed by atoms with E-state index in [9.17, 15) is 8.42 Å². The van der Waals surface area contributed by atoms with Gasteiger partial charge in [0.25, 0.3) is 0 Å². The van der Waals surface area contributed by atoms with Crippen LogP contribution in [0.4, 0.5) is 0 Å². The van der Waals surface area contributed by atoms with Gasteiger partial charge in [0, 0.05) is 32.4 Å². The number of sulfonamides is 1. The van der Waals surface area contributed by atoms with Crippen molar-refractivity contribution in [3.8, 4) is 0 Å². The molecule has 0 aliphatic carbocycles. The topological polar surface area (TPSA) is 75.4 Å². The number of aryl methyl sites for hydroxylation is 2. The van der Waals surface area contributed by atoms with E-state index in [0.29, 0.717) is 18.7 Å². The molecule has 0 radical (unpaired) electrons. The van der Waals surface area contributed by atoms with Crippen molar-refractivity contribution in [1.29, 1.82) is 0 Å². The fourth-order valence-corrected chi connectivity index (χ4v) is 4.61. The quantitative estimate of drug-likeness (QED) is 0.882. The highest BCUT2D eigenvalue weighted by Crippen LogP contribution is 2.27. The minimum atomic E-state index is -3.50. The number of hydrogen-bond donors (Lipinski definition) is 1. The Morgan fingerprint density at radius 2 is 2.21 bits per heavy atom. The van der Waals surface area contributed by atoms with Crippen molar-refractivity contribution in [2.45, 2.75) is 43.5 Å². The lowest BCUT2D eigenvalue weighted by atomic mass is 10.0. The molecule has 1 saturated heterocycles. The molecule has 19 heavy (non-hydrogen) atoms. The number of rotatable bonds is 4. The predicted octanol–water partition coefficient (Wildman–Crippen LogP) is 0.654. The molecule has 108 valence electrons. The van der Waals surface area contributed by atoms with Crippen LogP contribution in [0.5, 0.6) is 0 Å². The number of piperidine rings is 1. The first-order chi connectivity index (χ1) is 8.96. The van der Waals surface area contributed by atoms with Gasteiger partial charge in [-0.3, -0.25) is 4.68 Å². The zero-order valence-electron chi connectivity index (χ0n) is 11.4. The molecule has 6 nitrogen and oxygen atoms in total. The Morgan fingerprint density at radius 1 is 1.47 bits per heavy atom. The van der Waals surface area contributed by atoms with Gasteiger partial charge in [-0.15, -0.1) is 0 Å². The Labute approximate surface area is 114 Å². The minimum Gasteiger partial charge on any atom is -0.396 e. The summed E-state index contributed by atoms with van der Waals surface area (Å²) in [7, 11) is -1.79. The molecule has 1 unspecified atom stereocenters. The fourth-order valence-electron chi connectivity index (χ4n) is 2.69. The highest BCUT2D eigenvalue weighted by atomic mass is 32.2. The summed E-state index contributed by atoms with van der Waals surface area (Å²) in [5.41, 5.74) is 0.524. The van der Waals surface area contributed by atoms with Gasteiger partial charge in [0.15, 0.2) is 0 Å². The molecule has 7 heteroatoms. The first-order valence-electron chi connectivity index (χ1n) is 6.59. The van der Waals surface area contributed by atoms with Crippen molar-refractivity contribution in [2.24, 2.45) is 7.05 Å². The van der Waals surface area contributed by atoms with Crippen LogP contribution < -0.4 is 0 Å². The van der Waals surface area contributed by atoms with Gasteiger partial charge < -0.3 is 5.11 Å². The zero-order chi connectivity index (χ0) is 14.0. The molecule has 1 aromatic rings. The monoisotopic (exact) mass is 287 g/mol. The second-order valence-electron chi connectivity index (χ2n) is 5.03. The van der Waals surface area contributed by atoms with Crippen LogP contribution in [0.25, 0.3) is 0 Å². The predicted molar refractivity (Wildman–Crippen MR) is 71.2 cm³/mol. The third-order valence-corrected chi connectivity index (χ3v) is 5.65. The minimum absolute atomic E-state index is 0.0166. The van der Waals surface area contributed by atoms with Crippen LogP contribution in [-0.2, 0) is 17.1 Å². The maximum Gasteiger partial charge on any atom is 0.246 e. The van der Waals surface area contributed by atoms with Crippen LogP contribution in [0.2, 0.25) is 0 Å². The zero-order valence-corrected chi connectivity index (χ0v) is 12.2. The molecule has 1 N–H and O–H groups in total. The summed E-state index contributed by atoms with van der Waals surface area (Å²) in [4.78, 5) is 0.278. The summed E-state index contributed by atoms with van der Waals surface area (Å²) in [6.45, 7) is 2.25. The van der Waals surface area contributed by atoms with E-state index in [1.807, 2.05) is 0 Å². The number of aliphatic hydroxyl groups is 1. The van der Waals surface area contributed by atoms with Gasteiger partial charge in [-0.1, -0.05) is 6.42 Å². The van der Waals surface area contributed by atoms with E-state index in [-0.39, 0.29) is 17.5 Å². The molecule has 1 aliphatic rings. The molecule has 0 bridgehead atoms. The smallest absolute Gasteiger partial charge is 0.246 e. The van der Waals surface area contributed by atoms with Crippen molar-refractivity contribution >= 4 is 10.0 Å². The van der Waals surface area contributed by atoms with E-state index in [4.69, 9.17) is 5.11 Å². The van der Waals surface area contributed by atoms with Crippen LogP contribution in [0.3, 0.4) is 0 Å². The standard InChI is InChI=1S/C12H21N3O3S/c1-10-12(9-14(2)13-10)19(17,18)15-7-4-3-5-11(15)6-8-16/h9,11,16H,3-8H2,1-2H3. The van der Waals surface area contributed by atoms with E-state index in [2.05, 4.69) is 5.10 Å². The van der Waals surface area contributed by atoms with Gasteiger partial charge in [-0.2, -0.15) is 9.40 Å². The van der Waals surface area contributed by atoms with Crippen molar-refractivity contribution in [3.05, 3.63) is 11.9 Å². The molecular formula is C12H21N3O3S. The molecule has 2 rings (SSSR count). The van der Waals surface area contributed by atoms with E-state index < -0.39 is 10.0 Å². The molecule has 0 spiro atoms. The molecular weight excluding hydrogens is 266 g/mol. The summed E-state index contributed by atoms with van der Waals surface area (Å²) in [6, 6.07) is -0.0941.